The van der Waals surface area contributed by atoms with Crippen molar-refractivity contribution in [3.8, 4) is 0 Å². The summed E-state index contributed by atoms with van der Waals surface area (Å²) < 4.78 is 0.894. The number of piperazine rings is 1. The first-order chi connectivity index (χ1) is 15.6. The number of carbonyl (C=O) groups excluding carboxylic acids is 1. The van der Waals surface area contributed by atoms with Gasteiger partial charge in [0.25, 0.3) is 0 Å². The third-order valence-electron chi connectivity index (χ3n) is 7.42. The van der Waals surface area contributed by atoms with E-state index in [0.29, 0.717) is 12.0 Å². The molecular formula is C24H32BrN5OS. The molecule has 6 nitrogen and oxygen atoms in total. The summed E-state index contributed by atoms with van der Waals surface area (Å²) in [5.74, 6) is 3.45. The predicted molar refractivity (Wildman–Crippen MR) is 136 cm³/mol. The molecule has 0 radical (unpaired) electrons. The number of fused-ring (bicyclic) bond motifs is 1. The Morgan fingerprint density at radius 1 is 1.09 bits per heavy atom. The number of thioether (sulfide) groups is 1. The zero-order valence-electron chi connectivity index (χ0n) is 18.5. The number of pyridine rings is 1. The SMILES string of the molecule is N[C@H](C(=O)N1CCSC1)[C@H]1CC[C@H](N2CCN(c3nc(Br)cc4ccccc34)CC2)CC1. The minimum absolute atomic E-state index is 0.167. The summed E-state index contributed by atoms with van der Waals surface area (Å²) in [6, 6.07) is 10.9. The van der Waals surface area contributed by atoms with Crippen molar-refractivity contribution in [1.82, 2.24) is 14.8 Å². The Morgan fingerprint density at radius 2 is 1.84 bits per heavy atom. The molecule has 5 rings (SSSR count). The Hall–Kier alpha value is -1.35. The number of hydrogen-bond donors (Lipinski definition) is 1. The third kappa shape index (κ3) is 4.65. The number of nitrogens with zero attached hydrogens (tertiary/aromatic N) is 4. The molecule has 1 amide bonds. The van der Waals surface area contributed by atoms with Crippen LogP contribution in [0, 0.1) is 5.92 Å². The number of nitrogens with two attached hydrogens (primary N) is 1. The standard InChI is InChI=1S/C24H32BrN5OS/c25-21-15-18-3-1-2-4-20(18)23(27-21)29-11-9-28(10-12-29)19-7-5-17(6-8-19)22(26)24(31)30-13-14-32-16-30/h1-4,15,17,19,22H,5-14,16,26H2/t17-,19-,22-/m0/s1. The Bertz CT molecular complexity index is 953. The number of halogens is 1. The van der Waals surface area contributed by atoms with Gasteiger partial charge in [0.05, 0.1) is 11.9 Å². The van der Waals surface area contributed by atoms with E-state index in [1.807, 2.05) is 16.7 Å². The maximum absolute atomic E-state index is 12.7. The smallest absolute Gasteiger partial charge is 0.240 e. The van der Waals surface area contributed by atoms with Gasteiger partial charge in [-0.3, -0.25) is 9.69 Å². The molecule has 2 aliphatic heterocycles. The van der Waals surface area contributed by atoms with E-state index in [4.69, 9.17) is 10.7 Å². The summed E-state index contributed by atoms with van der Waals surface area (Å²) in [5.41, 5.74) is 6.40. The van der Waals surface area contributed by atoms with Crippen molar-refractivity contribution in [2.24, 2.45) is 11.7 Å². The molecule has 3 fully saturated rings. The Labute approximate surface area is 203 Å². The van der Waals surface area contributed by atoms with Crippen LogP contribution in [0.1, 0.15) is 25.7 Å². The van der Waals surface area contributed by atoms with E-state index in [9.17, 15) is 4.79 Å². The van der Waals surface area contributed by atoms with E-state index in [2.05, 4.69) is 56.1 Å². The average molecular weight is 519 g/mol. The van der Waals surface area contributed by atoms with Gasteiger partial charge in [0.1, 0.15) is 10.4 Å². The zero-order valence-corrected chi connectivity index (χ0v) is 20.9. The van der Waals surface area contributed by atoms with Crippen LogP contribution in [-0.2, 0) is 4.79 Å². The van der Waals surface area contributed by atoms with Crippen molar-refractivity contribution in [1.29, 1.82) is 0 Å². The van der Waals surface area contributed by atoms with Crippen LogP contribution in [0.5, 0.6) is 0 Å². The van der Waals surface area contributed by atoms with E-state index < -0.39 is 0 Å². The lowest BCUT2D eigenvalue weighted by Crippen LogP contribution is -2.53. The molecule has 1 aromatic heterocycles. The molecular weight excluding hydrogens is 486 g/mol. The number of carbonyl (C=O) groups is 1. The molecule has 172 valence electrons. The molecule has 3 aliphatic rings. The molecule has 8 heteroatoms. The first-order valence-corrected chi connectivity index (χ1v) is 13.7. The molecule has 2 saturated heterocycles. The monoisotopic (exact) mass is 517 g/mol. The number of rotatable bonds is 4. The second kappa shape index (κ2) is 9.87. The highest BCUT2D eigenvalue weighted by atomic mass is 79.9. The quantitative estimate of drug-likeness (QED) is 0.625. The summed E-state index contributed by atoms with van der Waals surface area (Å²) >= 11 is 5.41. The second-order valence-electron chi connectivity index (χ2n) is 9.25. The predicted octanol–water partition coefficient (Wildman–Crippen LogP) is 3.54. The number of hydrogen-bond acceptors (Lipinski definition) is 6. The maximum atomic E-state index is 12.7. The van der Waals surface area contributed by atoms with Gasteiger partial charge in [-0.1, -0.05) is 24.3 Å². The van der Waals surface area contributed by atoms with Gasteiger partial charge in [0.15, 0.2) is 0 Å². The summed E-state index contributed by atoms with van der Waals surface area (Å²) in [6.45, 7) is 4.98. The van der Waals surface area contributed by atoms with Crippen LogP contribution in [0.4, 0.5) is 5.82 Å². The van der Waals surface area contributed by atoms with Crippen molar-refractivity contribution in [2.45, 2.75) is 37.8 Å². The molecule has 0 unspecified atom stereocenters. The summed E-state index contributed by atoms with van der Waals surface area (Å²) in [7, 11) is 0. The van der Waals surface area contributed by atoms with Gasteiger partial charge in [0.2, 0.25) is 5.91 Å². The average Bonchev–Trinajstić information content (AvgIpc) is 3.38. The van der Waals surface area contributed by atoms with Crippen molar-refractivity contribution < 1.29 is 4.79 Å². The van der Waals surface area contributed by atoms with E-state index in [1.165, 1.54) is 10.8 Å². The van der Waals surface area contributed by atoms with Crippen LogP contribution in [0.25, 0.3) is 10.8 Å². The molecule has 1 aromatic carbocycles. The topological polar surface area (TPSA) is 65.7 Å². The van der Waals surface area contributed by atoms with Crippen LogP contribution in [0.2, 0.25) is 0 Å². The fourth-order valence-electron chi connectivity index (χ4n) is 5.51. The van der Waals surface area contributed by atoms with Crippen molar-refractivity contribution >= 4 is 50.2 Å². The van der Waals surface area contributed by atoms with E-state index in [1.54, 1.807) is 0 Å². The Morgan fingerprint density at radius 3 is 2.56 bits per heavy atom. The lowest BCUT2D eigenvalue weighted by atomic mass is 9.80. The first-order valence-electron chi connectivity index (χ1n) is 11.8. The highest BCUT2D eigenvalue weighted by Gasteiger charge is 2.35. The molecule has 2 N–H and O–H groups in total. The largest absolute Gasteiger partial charge is 0.353 e. The molecule has 1 aliphatic carbocycles. The van der Waals surface area contributed by atoms with Crippen molar-refractivity contribution in [3.63, 3.8) is 0 Å². The normalized spacial score (nSPS) is 25.9. The number of anilines is 1. The Kier molecular flexibility index (Phi) is 6.92. The van der Waals surface area contributed by atoms with E-state index >= 15 is 0 Å². The third-order valence-corrected chi connectivity index (χ3v) is 8.79. The van der Waals surface area contributed by atoms with Crippen LogP contribution in [0.3, 0.4) is 0 Å². The van der Waals surface area contributed by atoms with Gasteiger partial charge < -0.3 is 15.5 Å². The fourth-order valence-corrected chi connectivity index (χ4v) is 6.88. The van der Waals surface area contributed by atoms with Crippen LogP contribution in [0.15, 0.2) is 34.9 Å². The number of amides is 1. The van der Waals surface area contributed by atoms with Crippen LogP contribution < -0.4 is 10.6 Å². The lowest BCUT2D eigenvalue weighted by molar-refractivity contribution is -0.132. The van der Waals surface area contributed by atoms with Crippen LogP contribution in [-0.4, -0.2) is 77.1 Å². The fraction of sp³-hybridized carbons (Fsp3) is 0.583. The molecule has 1 saturated carbocycles. The van der Waals surface area contributed by atoms with Crippen LogP contribution >= 0.6 is 27.7 Å². The number of benzene rings is 1. The van der Waals surface area contributed by atoms with Gasteiger partial charge in [-0.15, -0.1) is 11.8 Å². The van der Waals surface area contributed by atoms with Gasteiger partial charge >= 0.3 is 0 Å². The minimum Gasteiger partial charge on any atom is -0.353 e. The summed E-state index contributed by atoms with van der Waals surface area (Å²) in [4.78, 5) is 24.5. The van der Waals surface area contributed by atoms with Gasteiger partial charge in [-0.05, 0) is 59.0 Å². The lowest BCUT2D eigenvalue weighted by Gasteiger charge is -2.43. The number of aromatic nitrogens is 1. The van der Waals surface area contributed by atoms with Gasteiger partial charge in [-0.2, -0.15) is 0 Å². The summed E-state index contributed by atoms with van der Waals surface area (Å²) in [6.07, 6.45) is 4.43. The zero-order chi connectivity index (χ0) is 22.1. The maximum Gasteiger partial charge on any atom is 0.240 e. The molecule has 2 aromatic rings. The van der Waals surface area contributed by atoms with Crippen molar-refractivity contribution in [3.05, 3.63) is 34.9 Å². The highest BCUT2D eigenvalue weighted by Crippen LogP contribution is 2.33. The molecule has 0 bridgehead atoms. The van der Waals surface area contributed by atoms with E-state index in [-0.39, 0.29) is 11.9 Å². The molecule has 0 spiro atoms. The van der Waals surface area contributed by atoms with E-state index in [0.717, 1.165) is 80.5 Å². The van der Waals surface area contributed by atoms with Gasteiger partial charge in [-0.25, -0.2) is 4.98 Å². The summed E-state index contributed by atoms with van der Waals surface area (Å²) in [5, 5.41) is 2.45. The second-order valence-corrected chi connectivity index (χ2v) is 11.1. The molecule has 32 heavy (non-hydrogen) atoms. The highest BCUT2D eigenvalue weighted by molar-refractivity contribution is 9.10. The van der Waals surface area contributed by atoms with Gasteiger partial charge in [0, 0.05) is 49.9 Å². The Balaban J connectivity index is 1.15. The van der Waals surface area contributed by atoms with Crippen molar-refractivity contribution in [2.75, 3.05) is 49.3 Å². The minimum atomic E-state index is -0.317. The molecule has 3 heterocycles. The first kappa shape index (κ1) is 22.4. The molecule has 1 atom stereocenters.